The van der Waals surface area contributed by atoms with E-state index in [1.807, 2.05) is 36.4 Å². The Morgan fingerprint density at radius 2 is 1.58 bits per heavy atom. The van der Waals surface area contributed by atoms with E-state index in [9.17, 15) is 24.3 Å². The van der Waals surface area contributed by atoms with Crippen LogP contribution in [0.5, 0.6) is 0 Å². The topological polar surface area (TPSA) is 107 Å². The molecule has 1 aliphatic heterocycles. The number of urea groups is 1. The van der Waals surface area contributed by atoms with Gasteiger partial charge in [-0.15, -0.1) is 0 Å². The fourth-order valence-corrected chi connectivity index (χ4v) is 5.82. The first kappa shape index (κ1) is 27.4. The number of amides is 3. The molecular formula is C30H37N3O5. The molecule has 1 saturated carbocycles. The Morgan fingerprint density at radius 1 is 0.947 bits per heavy atom. The van der Waals surface area contributed by atoms with Gasteiger partial charge in [-0.1, -0.05) is 80.6 Å². The van der Waals surface area contributed by atoms with E-state index >= 15 is 0 Å². The number of Topliss-reactive ketones (excluding diaryl/α,β-unsaturated/α-hetero) is 1. The summed E-state index contributed by atoms with van der Waals surface area (Å²) in [6.45, 7) is 0.166. The molecule has 202 valence electrons. The normalized spacial score (nSPS) is 20.5. The van der Waals surface area contributed by atoms with Gasteiger partial charge in [0.2, 0.25) is 0 Å². The molecule has 4 rings (SSSR count). The van der Waals surface area contributed by atoms with Gasteiger partial charge in [0.25, 0.3) is 5.91 Å². The number of carboxylic acid groups (broad SMARTS) is 1. The number of nitrogens with one attached hydrogen (secondary N) is 1. The highest BCUT2D eigenvalue weighted by atomic mass is 16.4. The quantitative estimate of drug-likeness (QED) is 0.521. The molecule has 2 aliphatic rings. The van der Waals surface area contributed by atoms with E-state index in [0.29, 0.717) is 24.4 Å². The maximum absolute atomic E-state index is 13.4. The van der Waals surface area contributed by atoms with Gasteiger partial charge in [-0.25, -0.2) is 9.59 Å². The van der Waals surface area contributed by atoms with Crippen LogP contribution in [0.2, 0.25) is 0 Å². The molecule has 3 atom stereocenters. The van der Waals surface area contributed by atoms with Gasteiger partial charge in [0.1, 0.15) is 6.04 Å². The third kappa shape index (κ3) is 6.79. The van der Waals surface area contributed by atoms with E-state index in [0.717, 1.165) is 31.2 Å². The van der Waals surface area contributed by atoms with Gasteiger partial charge in [-0.3, -0.25) is 9.59 Å². The molecule has 8 heteroatoms. The van der Waals surface area contributed by atoms with Crippen LogP contribution in [0.15, 0.2) is 60.7 Å². The average Bonchev–Trinajstić information content (AvgIpc) is 3.40. The molecule has 38 heavy (non-hydrogen) atoms. The predicted molar refractivity (Wildman–Crippen MR) is 144 cm³/mol. The summed E-state index contributed by atoms with van der Waals surface area (Å²) in [4.78, 5) is 54.4. The zero-order valence-corrected chi connectivity index (χ0v) is 21.9. The molecule has 2 N–H and O–H groups in total. The van der Waals surface area contributed by atoms with Crippen LogP contribution >= 0.6 is 0 Å². The van der Waals surface area contributed by atoms with Crippen molar-refractivity contribution in [3.63, 3.8) is 0 Å². The number of likely N-dealkylation sites (N-methyl/N-ethyl adjacent to an activating group) is 1. The summed E-state index contributed by atoms with van der Waals surface area (Å²) in [5.74, 6) is -1.08. The van der Waals surface area contributed by atoms with Gasteiger partial charge in [-0.05, 0) is 42.4 Å². The van der Waals surface area contributed by atoms with Crippen molar-refractivity contribution in [1.29, 1.82) is 0 Å². The Morgan fingerprint density at radius 3 is 2.21 bits per heavy atom. The van der Waals surface area contributed by atoms with Gasteiger partial charge in [0.05, 0.1) is 12.6 Å². The zero-order chi connectivity index (χ0) is 27.1. The standard InChI is InChI=1S/C30H37N3O5/c1-32(30(38)33-19-24(18-26(33)29(36)37)22-13-7-3-8-14-22)20-27(34)25(17-21-11-5-2-6-12-21)31-28(35)23-15-9-4-10-16-23/h2,4-6,9-12,15-16,22,24-26H,3,7-8,13-14,17-20H2,1H3,(H,31,35)(H,36,37)/t24?,25-,26-/m0/s1. The van der Waals surface area contributed by atoms with Gasteiger partial charge >= 0.3 is 12.0 Å². The Labute approximate surface area is 224 Å². The molecule has 2 aromatic carbocycles. The Bertz CT molecular complexity index is 1120. The summed E-state index contributed by atoms with van der Waals surface area (Å²) in [7, 11) is 1.52. The van der Waals surface area contributed by atoms with Crippen molar-refractivity contribution in [3.05, 3.63) is 71.8 Å². The Hall–Kier alpha value is -3.68. The lowest BCUT2D eigenvalue weighted by atomic mass is 9.79. The van der Waals surface area contributed by atoms with Crippen molar-refractivity contribution in [2.75, 3.05) is 20.1 Å². The minimum Gasteiger partial charge on any atom is -0.480 e. The number of hydrogen-bond acceptors (Lipinski definition) is 4. The fourth-order valence-electron chi connectivity index (χ4n) is 5.82. The molecule has 0 bridgehead atoms. The first-order valence-corrected chi connectivity index (χ1v) is 13.5. The summed E-state index contributed by atoms with van der Waals surface area (Å²) in [5.41, 5.74) is 1.33. The van der Waals surface area contributed by atoms with Crippen molar-refractivity contribution < 1.29 is 24.3 Å². The van der Waals surface area contributed by atoms with Gasteiger partial charge in [0, 0.05) is 19.2 Å². The lowest BCUT2D eigenvalue weighted by molar-refractivity contribution is -0.141. The second-order valence-electron chi connectivity index (χ2n) is 10.6. The van der Waals surface area contributed by atoms with E-state index < -0.39 is 24.1 Å². The summed E-state index contributed by atoms with van der Waals surface area (Å²) >= 11 is 0. The molecule has 0 radical (unpaired) electrons. The maximum atomic E-state index is 13.4. The molecule has 1 aliphatic carbocycles. The Balaban J connectivity index is 1.44. The summed E-state index contributed by atoms with van der Waals surface area (Å²) in [5, 5.41) is 12.7. The average molecular weight is 520 g/mol. The molecular weight excluding hydrogens is 482 g/mol. The van der Waals surface area contributed by atoms with E-state index in [1.165, 1.54) is 23.3 Å². The van der Waals surface area contributed by atoms with Gasteiger partial charge in [0.15, 0.2) is 5.78 Å². The first-order valence-electron chi connectivity index (χ1n) is 13.5. The molecule has 0 aromatic heterocycles. The fraction of sp³-hybridized carbons (Fsp3) is 0.467. The van der Waals surface area contributed by atoms with Crippen molar-refractivity contribution in [2.24, 2.45) is 11.8 Å². The van der Waals surface area contributed by atoms with Crippen LogP contribution in [-0.2, 0) is 16.0 Å². The third-order valence-electron chi connectivity index (χ3n) is 7.91. The molecule has 0 spiro atoms. The van der Waals surface area contributed by atoms with Gasteiger partial charge < -0.3 is 20.2 Å². The van der Waals surface area contributed by atoms with Gasteiger partial charge in [-0.2, -0.15) is 0 Å². The lowest BCUT2D eigenvalue weighted by Gasteiger charge is -2.30. The second kappa shape index (κ2) is 12.7. The lowest BCUT2D eigenvalue weighted by Crippen LogP contribution is -2.51. The van der Waals surface area contributed by atoms with Crippen LogP contribution in [-0.4, -0.2) is 70.8 Å². The number of carboxylic acids is 1. The van der Waals surface area contributed by atoms with Crippen LogP contribution in [0.4, 0.5) is 4.79 Å². The van der Waals surface area contributed by atoms with Crippen LogP contribution in [0.3, 0.4) is 0 Å². The predicted octanol–water partition coefficient (Wildman–Crippen LogP) is 4.00. The molecule has 2 aromatic rings. The molecule has 1 unspecified atom stereocenters. The zero-order valence-electron chi connectivity index (χ0n) is 21.9. The highest BCUT2D eigenvalue weighted by molar-refractivity contribution is 5.99. The molecule has 8 nitrogen and oxygen atoms in total. The molecule has 1 saturated heterocycles. The number of carbonyl (C=O) groups excluding carboxylic acids is 3. The largest absolute Gasteiger partial charge is 0.480 e. The minimum absolute atomic E-state index is 0.167. The third-order valence-corrected chi connectivity index (χ3v) is 7.91. The number of likely N-dealkylation sites (tertiary alicyclic amines) is 1. The van der Waals surface area contributed by atoms with E-state index in [2.05, 4.69) is 5.32 Å². The van der Waals surface area contributed by atoms with Crippen LogP contribution in [0.1, 0.15) is 54.4 Å². The monoisotopic (exact) mass is 519 g/mol. The van der Waals surface area contributed by atoms with Crippen molar-refractivity contribution in [3.8, 4) is 0 Å². The van der Waals surface area contributed by atoms with Crippen LogP contribution < -0.4 is 5.32 Å². The number of nitrogens with zero attached hydrogens (tertiary/aromatic N) is 2. The van der Waals surface area contributed by atoms with Crippen molar-refractivity contribution in [1.82, 2.24) is 15.1 Å². The highest BCUT2D eigenvalue weighted by Gasteiger charge is 2.43. The maximum Gasteiger partial charge on any atom is 0.326 e. The smallest absolute Gasteiger partial charge is 0.326 e. The summed E-state index contributed by atoms with van der Waals surface area (Å²) in [6, 6.07) is 15.9. The summed E-state index contributed by atoms with van der Waals surface area (Å²) < 4.78 is 0. The summed E-state index contributed by atoms with van der Waals surface area (Å²) in [6.07, 6.45) is 6.41. The van der Waals surface area contributed by atoms with E-state index in [-0.39, 0.29) is 30.6 Å². The molecule has 2 fully saturated rings. The number of hydrogen-bond donors (Lipinski definition) is 2. The molecule has 1 heterocycles. The van der Waals surface area contributed by atoms with Crippen LogP contribution in [0.25, 0.3) is 0 Å². The second-order valence-corrected chi connectivity index (χ2v) is 10.6. The number of benzene rings is 2. The molecule has 3 amide bonds. The number of ketones is 1. The highest BCUT2D eigenvalue weighted by Crippen LogP contribution is 2.37. The van der Waals surface area contributed by atoms with Crippen LogP contribution in [0, 0.1) is 11.8 Å². The number of carbonyl (C=O) groups is 4. The van der Waals surface area contributed by atoms with E-state index in [1.54, 1.807) is 24.3 Å². The van der Waals surface area contributed by atoms with Crippen molar-refractivity contribution in [2.45, 2.75) is 57.0 Å². The Kier molecular flexibility index (Phi) is 9.15. The number of aliphatic carboxylic acids is 1. The van der Waals surface area contributed by atoms with Crippen molar-refractivity contribution >= 4 is 23.7 Å². The SMILES string of the molecule is CN(CC(=O)[C@H](Cc1ccccc1)NC(=O)c1ccccc1)C(=O)N1CC(C2CCCCC2)C[C@H]1C(=O)O. The minimum atomic E-state index is -1.01. The number of rotatable bonds is 9. The first-order chi connectivity index (χ1) is 18.3. The van der Waals surface area contributed by atoms with E-state index in [4.69, 9.17) is 0 Å².